The number of furan rings is 1. The lowest BCUT2D eigenvalue weighted by Crippen LogP contribution is -2.36. The van der Waals surface area contributed by atoms with Gasteiger partial charge in [0, 0.05) is 27.5 Å². The van der Waals surface area contributed by atoms with E-state index in [0.717, 1.165) is 61.4 Å². The molecule has 0 fully saturated rings. The van der Waals surface area contributed by atoms with Gasteiger partial charge in [-0.25, -0.2) is 9.98 Å². The van der Waals surface area contributed by atoms with Crippen molar-refractivity contribution >= 4 is 65.9 Å². The number of nitrogens with one attached hydrogen (secondary N) is 1. The van der Waals surface area contributed by atoms with Crippen molar-refractivity contribution in [2.45, 2.75) is 6.17 Å². The molecule has 4 nitrogen and oxygen atoms in total. The van der Waals surface area contributed by atoms with Crippen LogP contribution < -0.4 is 5.32 Å². The Bertz CT molecular complexity index is 2810. The zero-order valence-corrected chi connectivity index (χ0v) is 26.5. The normalized spacial score (nSPS) is 14.7. The number of para-hydroxylation sites is 1. The van der Waals surface area contributed by atoms with Crippen molar-refractivity contribution in [3.8, 4) is 11.1 Å². The van der Waals surface area contributed by atoms with Gasteiger partial charge in [-0.2, -0.15) is 0 Å². The molecular formula is C45H29N3O. The van der Waals surface area contributed by atoms with E-state index in [2.05, 4.69) is 139 Å². The van der Waals surface area contributed by atoms with E-state index in [9.17, 15) is 0 Å². The standard InChI is InChI=1S/C45H29N3O/c1-2-12-31(13-3-1)43-46-44(34-23-21-30-20-19-29-11-6-7-15-35(29)39(30)27-34)48-45(47-43)38-25-24-36(33-22-18-28-10-4-5-14-32(28)26-33)42-41(38)37-16-8-9-17-40(37)49-42/h1-27,44H,(H,46,47,48). The van der Waals surface area contributed by atoms with Crippen LogP contribution in [0.3, 0.4) is 0 Å². The summed E-state index contributed by atoms with van der Waals surface area (Å²) in [6, 6.07) is 57.5. The lowest BCUT2D eigenvalue weighted by Gasteiger charge is -2.23. The average Bonchev–Trinajstić information content (AvgIpc) is 3.57. The summed E-state index contributed by atoms with van der Waals surface area (Å²) in [6.45, 7) is 0. The van der Waals surface area contributed by atoms with E-state index in [1.165, 1.54) is 32.3 Å². The highest BCUT2D eigenvalue weighted by molar-refractivity contribution is 6.25. The molecule has 0 aliphatic carbocycles. The summed E-state index contributed by atoms with van der Waals surface area (Å²) in [7, 11) is 0. The molecule has 1 N–H and O–H groups in total. The van der Waals surface area contributed by atoms with Crippen LogP contribution in [0.1, 0.15) is 22.9 Å². The summed E-state index contributed by atoms with van der Waals surface area (Å²) < 4.78 is 6.68. The molecule has 0 bridgehead atoms. The van der Waals surface area contributed by atoms with Crippen molar-refractivity contribution in [2.24, 2.45) is 9.98 Å². The summed E-state index contributed by atoms with van der Waals surface area (Å²) in [5.74, 6) is 1.55. The van der Waals surface area contributed by atoms with E-state index in [1.807, 2.05) is 30.3 Å². The van der Waals surface area contributed by atoms with E-state index >= 15 is 0 Å². The predicted molar refractivity (Wildman–Crippen MR) is 204 cm³/mol. The van der Waals surface area contributed by atoms with Crippen LogP contribution in [-0.4, -0.2) is 11.7 Å². The number of nitrogens with zero attached hydrogens (tertiary/aromatic N) is 2. The molecule has 1 aliphatic rings. The Morgan fingerprint density at radius 2 is 1.10 bits per heavy atom. The fourth-order valence-electron chi connectivity index (χ4n) is 7.27. The van der Waals surface area contributed by atoms with Gasteiger partial charge in [-0.3, -0.25) is 0 Å². The van der Waals surface area contributed by atoms with E-state index < -0.39 is 6.17 Å². The second kappa shape index (κ2) is 11.0. The Morgan fingerprint density at radius 3 is 1.98 bits per heavy atom. The van der Waals surface area contributed by atoms with Gasteiger partial charge in [-0.1, -0.05) is 133 Å². The van der Waals surface area contributed by atoms with Crippen molar-refractivity contribution in [3.05, 3.63) is 180 Å². The molecule has 4 heteroatoms. The molecule has 8 aromatic carbocycles. The number of amidine groups is 2. The topological polar surface area (TPSA) is 49.9 Å². The molecular weight excluding hydrogens is 599 g/mol. The van der Waals surface area contributed by atoms with Crippen LogP contribution >= 0.6 is 0 Å². The van der Waals surface area contributed by atoms with Crippen LogP contribution in [0.25, 0.3) is 65.4 Å². The SMILES string of the molecule is c1ccc(C2=NC(c3ccc4ccc5ccccc5c4c3)N=C(c3ccc(-c4ccc5ccccc5c4)c4oc5ccccc5c34)N2)cc1. The third-order valence-corrected chi connectivity index (χ3v) is 9.70. The second-order valence-electron chi connectivity index (χ2n) is 12.6. The van der Waals surface area contributed by atoms with E-state index in [0.29, 0.717) is 0 Å². The largest absolute Gasteiger partial charge is 0.455 e. The minimum Gasteiger partial charge on any atom is -0.455 e. The number of benzene rings is 8. The molecule has 1 atom stereocenters. The van der Waals surface area contributed by atoms with Gasteiger partial charge in [-0.15, -0.1) is 0 Å². The van der Waals surface area contributed by atoms with Crippen LogP contribution in [0.5, 0.6) is 0 Å². The van der Waals surface area contributed by atoms with Crippen molar-refractivity contribution in [1.29, 1.82) is 0 Å². The van der Waals surface area contributed by atoms with E-state index in [-0.39, 0.29) is 0 Å². The van der Waals surface area contributed by atoms with Crippen LogP contribution in [0.4, 0.5) is 0 Å². The highest BCUT2D eigenvalue weighted by atomic mass is 16.3. The Kier molecular flexibility index (Phi) is 6.21. The van der Waals surface area contributed by atoms with Gasteiger partial charge in [0.1, 0.15) is 22.8 Å². The van der Waals surface area contributed by atoms with Gasteiger partial charge in [-0.05, 0) is 73.8 Å². The Labute approximate surface area is 282 Å². The van der Waals surface area contributed by atoms with E-state index in [1.54, 1.807) is 0 Å². The van der Waals surface area contributed by atoms with Crippen molar-refractivity contribution in [1.82, 2.24) is 5.32 Å². The van der Waals surface area contributed by atoms with Crippen molar-refractivity contribution < 1.29 is 4.42 Å². The van der Waals surface area contributed by atoms with Crippen LogP contribution in [-0.2, 0) is 0 Å². The maximum atomic E-state index is 6.68. The predicted octanol–water partition coefficient (Wildman–Crippen LogP) is 11.2. The number of fused-ring (bicyclic) bond motifs is 7. The number of hydrogen-bond acceptors (Lipinski definition) is 4. The number of hydrogen-bond donors (Lipinski definition) is 1. The average molecular weight is 628 g/mol. The minimum absolute atomic E-state index is 0.441. The molecule has 0 saturated heterocycles. The van der Waals surface area contributed by atoms with Gasteiger partial charge in [0.05, 0.1) is 0 Å². The molecule has 1 aliphatic heterocycles. The highest BCUT2D eigenvalue weighted by Crippen LogP contribution is 2.40. The first-order chi connectivity index (χ1) is 24.3. The maximum absolute atomic E-state index is 6.68. The Hall–Kier alpha value is -6.52. The molecule has 0 saturated carbocycles. The fraction of sp³-hybridized carbons (Fsp3) is 0.0222. The Morgan fingerprint density at radius 1 is 0.449 bits per heavy atom. The van der Waals surface area contributed by atoms with Crippen LogP contribution in [0, 0.1) is 0 Å². The van der Waals surface area contributed by atoms with Crippen LogP contribution in [0.15, 0.2) is 178 Å². The molecule has 49 heavy (non-hydrogen) atoms. The molecule has 0 radical (unpaired) electrons. The van der Waals surface area contributed by atoms with Crippen molar-refractivity contribution in [3.63, 3.8) is 0 Å². The molecule has 230 valence electrons. The molecule has 1 unspecified atom stereocenters. The highest BCUT2D eigenvalue weighted by Gasteiger charge is 2.25. The minimum atomic E-state index is -0.441. The molecule has 1 aromatic heterocycles. The summed E-state index contributed by atoms with van der Waals surface area (Å²) >= 11 is 0. The molecule has 2 heterocycles. The summed E-state index contributed by atoms with van der Waals surface area (Å²) in [5, 5.41) is 13.0. The quantitative estimate of drug-likeness (QED) is 0.197. The molecule has 9 aromatic rings. The zero-order chi connectivity index (χ0) is 32.3. The number of aliphatic imine (C=N–C) groups is 2. The monoisotopic (exact) mass is 627 g/mol. The third-order valence-electron chi connectivity index (χ3n) is 9.70. The van der Waals surface area contributed by atoms with Gasteiger partial charge in [0.15, 0.2) is 6.17 Å². The van der Waals surface area contributed by atoms with Gasteiger partial charge < -0.3 is 9.73 Å². The van der Waals surface area contributed by atoms with Gasteiger partial charge in [0.2, 0.25) is 0 Å². The summed E-state index contributed by atoms with van der Waals surface area (Å²) in [5.41, 5.74) is 6.87. The van der Waals surface area contributed by atoms with Gasteiger partial charge >= 0.3 is 0 Å². The van der Waals surface area contributed by atoms with Crippen molar-refractivity contribution in [2.75, 3.05) is 0 Å². The smallest absolute Gasteiger partial charge is 0.169 e. The summed E-state index contributed by atoms with van der Waals surface area (Å²) in [4.78, 5) is 10.5. The molecule has 0 amide bonds. The van der Waals surface area contributed by atoms with Gasteiger partial charge in [0.25, 0.3) is 0 Å². The molecule has 0 spiro atoms. The first-order valence-corrected chi connectivity index (χ1v) is 16.6. The number of rotatable bonds is 4. The van der Waals surface area contributed by atoms with E-state index in [4.69, 9.17) is 14.4 Å². The molecule has 10 rings (SSSR count). The maximum Gasteiger partial charge on any atom is 0.169 e. The second-order valence-corrected chi connectivity index (χ2v) is 12.6. The fourth-order valence-corrected chi connectivity index (χ4v) is 7.27. The van der Waals surface area contributed by atoms with Crippen LogP contribution in [0.2, 0.25) is 0 Å². The first-order valence-electron chi connectivity index (χ1n) is 16.6. The lowest BCUT2D eigenvalue weighted by molar-refractivity contribution is 0.670. The lowest BCUT2D eigenvalue weighted by atomic mass is 9.96. The zero-order valence-electron chi connectivity index (χ0n) is 26.5. The Balaban J connectivity index is 1.18. The third kappa shape index (κ3) is 4.61. The first kappa shape index (κ1) is 27.6. The summed E-state index contributed by atoms with van der Waals surface area (Å²) in [6.07, 6.45) is -0.441.